The molecule has 6 heteroatoms. The molecule has 1 aromatic carbocycles. The van der Waals surface area contributed by atoms with E-state index in [1.165, 1.54) is 18.4 Å². The largest absolute Gasteiger partial charge is 0.507 e. The number of hydrogen-bond donors (Lipinski definition) is 1. The lowest BCUT2D eigenvalue weighted by atomic mass is 10.1. The first-order valence-electron chi connectivity index (χ1n) is 8.00. The molecule has 1 saturated carbocycles. The minimum Gasteiger partial charge on any atom is -0.507 e. The Bertz CT molecular complexity index is 861. The first-order chi connectivity index (χ1) is 11.8. The number of allylic oxidation sites excluding steroid dienone is 1. The van der Waals surface area contributed by atoms with Gasteiger partial charge in [-0.05, 0) is 43.9 Å². The second-order valence-electron chi connectivity index (χ2n) is 5.88. The Balaban J connectivity index is 1.60. The third-order valence-electron chi connectivity index (χ3n) is 4.22. The van der Waals surface area contributed by atoms with Crippen molar-refractivity contribution in [1.29, 1.82) is 0 Å². The molecule has 0 bridgehead atoms. The summed E-state index contributed by atoms with van der Waals surface area (Å²) in [4.78, 5) is 8.36. The van der Waals surface area contributed by atoms with Crippen molar-refractivity contribution in [3.63, 3.8) is 0 Å². The Morgan fingerprint density at radius 3 is 2.67 bits per heavy atom. The van der Waals surface area contributed by atoms with Crippen molar-refractivity contribution >= 4 is 6.08 Å². The second kappa shape index (κ2) is 6.23. The average Bonchev–Trinajstić information content (AvgIpc) is 3.29. The summed E-state index contributed by atoms with van der Waals surface area (Å²) >= 11 is 0. The average molecular weight is 319 g/mol. The maximum atomic E-state index is 10.3. The summed E-state index contributed by atoms with van der Waals surface area (Å²) in [6.45, 7) is 0. The minimum atomic E-state index is 0.138. The first-order valence-corrected chi connectivity index (χ1v) is 8.00. The predicted octanol–water partition coefficient (Wildman–Crippen LogP) is 3.39. The van der Waals surface area contributed by atoms with Gasteiger partial charge in [0.15, 0.2) is 5.82 Å². The number of phenols is 1. The van der Waals surface area contributed by atoms with Gasteiger partial charge in [0.05, 0.1) is 18.2 Å². The van der Waals surface area contributed by atoms with Crippen molar-refractivity contribution in [2.24, 2.45) is 0 Å². The van der Waals surface area contributed by atoms with Gasteiger partial charge in [0.25, 0.3) is 0 Å². The van der Waals surface area contributed by atoms with E-state index in [0.717, 1.165) is 18.5 Å². The summed E-state index contributed by atoms with van der Waals surface area (Å²) in [6.07, 6.45) is 13.6. The molecule has 1 aliphatic rings. The normalized spacial score (nSPS) is 14.1. The smallest absolute Gasteiger partial charge is 0.174 e. The van der Waals surface area contributed by atoms with Crippen molar-refractivity contribution in [3.8, 4) is 22.7 Å². The standard InChI is InChI=1S/C18H17N5O/c24-17-10-14(23-8-7-19-12-23)5-6-15(17)16-11-20-18(22-21-16)9-13-3-1-2-4-13/h5-12,24H,1-4H2. The molecule has 0 atom stereocenters. The summed E-state index contributed by atoms with van der Waals surface area (Å²) in [5, 5.41) is 18.7. The van der Waals surface area contributed by atoms with Crippen LogP contribution < -0.4 is 0 Å². The van der Waals surface area contributed by atoms with Crippen LogP contribution in [-0.4, -0.2) is 29.8 Å². The van der Waals surface area contributed by atoms with E-state index in [9.17, 15) is 5.11 Å². The molecule has 4 rings (SSSR count). The highest BCUT2D eigenvalue weighted by molar-refractivity contribution is 5.68. The van der Waals surface area contributed by atoms with Crippen LogP contribution in [0.15, 0.2) is 48.7 Å². The molecule has 1 aliphatic carbocycles. The molecule has 0 radical (unpaired) electrons. The monoisotopic (exact) mass is 319 g/mol. The number of benzene rings is 1. The topological polar surface area (TPSA) is 76.7 Å². The fourth-order valence-electron chi connectivity index (χ4n) is 2.94. The van der Waals surface area contributed by atoms with Gasteiger partial charge in [-0.15, -0.1) is 10.2 Å². The van der Waals surface area contributed by atoms with E-state index in [4.69, 9.17) is 0 Å². The van der Waals surface area contributed by atoms with E-state index in [0.29, 0.717) is 17.1 Å². The van der Waals surface area contributed by atoms with Gasteiger partial charge in [-0.3, -0.25) is 0 Å². The Morgan fingerprint density at radius 2 is 2.00 bits per heavy atom. The van der Waals surface area contributed by atoms with Crippen molar-refractivity contribution in [2.75, 3.05) is 0 Å². The van der Waals surface area contributed by atoms with Crippen LogP contribution in [0.2, 0.25) is 0 Å². The van der Waals surface area contributed by atoms with Crippen LogP contribution in [0.1, 0.15) is 31.5 Å². The molecule has 0 spiro atoms. The fraction of sp³-hybridized carbons (Fsp3) is 0.222. The van der Waals surface area contributed by atoms with Gasteiger partial charge in [-0.1, -0.05) is 5.57 Å². The molecule has 1 N–H and O–H groups in total. The molecule has 0 saturated heterocycles. The number of nitrogens with zero attached hydrogens (tertiary/aromatic N) is 5. The third-order valence-corrected chi connectivity index (χ3v) is 4.22. The zero-order valence-electron chi connectivity index (χ0n) is 13.1. The lowest BCUT2D eigenvalue weighted by Gasteiger charge is -2.07. The van der Waals surface area contributed by atoms with E-state index in [1.54, 1.807) is 24.8 Å². The van der Waals surface area contributed by atoms with Crippen molar-refractivity contribution < 1.29 is 5.11 Å². The van der Waals surface area contributed by atoms with Gasteiger partial charge in [0.1, 0.15) is 11.4 Å². The zero-order chi connectivity index (χ0) is 16.4. The first kappa shape index (κ1) is 14.6. The number of aromatic hydroxyl groups is 1. The summed E-state index contributed by atoms with van der Waals surface area (Å²) in [5.41, 5.74) is 3.38. The van der Waals surface area contributed by atoms with Gasteiger partial charge < -0.3 is 9.67 Å². The molecule has 0 amide bonds. The number of rotatable bonds is 3. The number of imidazole rings is 1. The van der Waals surface area contributed by atoms with Crippen molar-refractivity contribution in [2.45, 2.75) is 25.7 Å². The Labute approximate surface area is 139 Å². The number of phenolic OH excluding ortho intramolecular Hbond substituents is 1. The summed E-state index contributed by atoms with van der Waals surface area (Å²) in [7, 11) is 0. The maximum absolute atomic E-state index is 10.3. The Kier molecular flexibility index (Phi) is 3.78. The van der Waals surface area contributed by atoms with Crippen LogP contribution in [0.4, 0.5) is 0 Å². The van der Waals surface area contributed by atoms with Crippen molar-refractivity contribution in [3.05, 3.63) is 54.5 Å². The number of hydrogen-bond acceptors (Lipinski definition) is 5. The lowest BCUT2D eigenvalue weighted by molar-refractivity contribution is 0.476. The minimum absolute atomic E-state index is 0.138. The molecule has 2 aromatic heterocycles. The fourth-order valence-corrected chi connectivity index (χ4v) is 2.94. The van der Waals surface area contributed by atoms with Gasteiger partial charge >= 0.3 is 0 Å². The highest BCUT2D eigenvalue weighted by Gasteiger charge is 2.10. The molecule has 24 heavy (non-hydrogen) atoms. The zero-order valence-corrected chi connectivity index (χ0v) is 13.1. The van der Waals surface area contributed by atoms with E-state index in [1.807, 2.05) is 29.0 Å². The van der Waals surface area contributed by atoms with Crippen LogP contribution in [0.25, 0.3) is 23.0 Å². The molecule has 3 aromatic rings. The molecule has 2 heterocycles. The predicted molar refractivity (Wildman–Crippen MR) is 90.5 cm³/mol. The molecular weight excluding hydrogens is 302 g/mol. The Hall–Kier alpha value is -3.02. The third kappa shape index (κ3) is 2.90. The quantitative estimate of drug-likeness (QED) is 0.801. The highest BCUT2D eigenvalue weighted by Crippen LogP contribution is 2.29. The SMILES string of the molecule is Oc1cc(-n2ccnc2)ccc1-c1cnc(C=C2CCCC2)nn1. The van der Waals surface area contributed by atoms with E-state index < -0.39 is 0 Å². The molecule has 120 valence electrons. The van der Waals surface area contributed by atoms with Gasteiger partial charge in [-0.25, -0.2) is 9.97 Å². The Morgan fingerprint density at radius 1 is 1.12 bits per heavy atom. The van der Waals surface area contributed by atoms with E-state index in [2.05, 4.69) is 20.2 Å². The summed E-state index contributed by atoms with van der Waals surface area (Å²) in [5.74, 6) is 0.768. The van der Waals surface area contributed by atoms with Crippen LogP contribution in [0.5, 0.6) is 5.75 Å². The summed E-state index contributed by atoms with van der Waals surface area (Å²) < 4.78 is 1.82. The van der Waals surface area contributed by atoms with E-state index >= 15 is 0 Å². The molecular formula is C18H17N5O. The van der Waals surface area contributed by atoms with Gasteiger partial charge in [0.2, 0.25) is 0 Å². The van der Waals surface area contributed by atoms with Gasteiger partial charge in [-0.2, -0.15) is 0 Å². The maximum Gasteiger partial charge on any atom is 0.174 e. The molecule has 6 nitrogen and oxygen atoms in total. The van der Waals surface area contributed by atoms with Crippen molar-refractivity contribution in [1.82, 2.24) is 24.7 Å². The molecule has 0 unspecified atom stereocenters. The van der Waals surface area contributed by atoms with Crippen LogP contribution in [-0.2, 0) is 0 Å². The van der Waals surface area contributed by atoms with E-state index in [-0.39, 0.29) is 5.75 Å². The molecule has 1 fully saturated rings. The van der Waals surface area contributed by atoms with Crippen LogP contribution in [0.3, 0.4) is 0 Å². The second-order valence-corrected chi connectivity index (χ2v) is 5.88. The van der Waals surface area contributed by atoms with Crippen LogP contribution in [0, 0.1) is 0 Å². The summed E-state index contributed by atoms with van der Waals surface area (Å²) in [6, 6.07) is 5.38. The highest BCUT2D eigenvalue weighted by atomic mass is 16.3. The lowest BCUT2D eigenvalue weighted by Crippen LogP contribution is -1.96. The number of aromatic nitrogens is 5. The van der Waals surface area contributed by atoms with Crippen LogP contribution >= 0.6 is 0 Å². The van der Waals surface area contributed by atoms with Gasteiger partial charge in [0, 0.05) is 24.0 Å². The molecule has 0 aliphatic heterocycles.